The lowest BCUT2D eigenvalue weighted by Gasteiger charge is -2.09. The number of halogens is 2. The van der Waals surface area contributed by atoms with E-state index in [9.17, 15) is 18.4 Å². The zero-order valence-corrected chi connectivity index (χ0v) is 14.9. The highest BCUT2D eigenvalue weighted by Gasteiger charge is 2.09. The third-order valence-corrected chi connectivity index (χ3v) is 4.33. The molecule has 8 heteroatoms. The van der Waals surface area contributed by atoms with Crippen LogP contribution in [0, 0.1) is 11.6 Å². The predicted octanol–water partition coefficient (Wildman–Crippen LogP) is 2.85. The SMILES string of the molecule is CCc1ccc(OCC(=O)NNC(=O)CSc2cc(F)ccc2F)cc1. The minimum absolute atomic E-state index is 0.0188. The molecule has 5 nitrogen and oxygen atoms in total. The van der Waals surface area contributed by atoms with E-state index >= 15 is 0 Å². The fourth-order valence-electron chi connectivity index (χ4n) is 1.91. The van der Waals surface area contributed by atoms with Crippen LogP contribution in [0.15, 0.2) is 47.4 Å². The van der Waals surface area contributed by atoms with Crippen LogP contribution in [0.25, 0.3) is 0 Å². The number of ether oxygens (including phenoxy) is 1. The van der Waals surface area contributed by atoms with Gasteiger partial charge in [-0.3, -0.25) is 20.4 Å². The van der Waals surface area contributed by atoms with Gasteiger partial charge < -0.3 is 4.74 Å². The van der Waals surface area contributed by atoms with E-state index < -0.39 is 23.4 Å². The van der Waals surface area contributed by atoms with Gasteiger partial charge in [0.25, 0.3) is 5.91 Å². The molecule has 2 N–H and O–H groups in total. The van der Waals surface area contributed by atoms with Gasteiger partial charge in [0.2, 0.25) is 5.91 Å². The molecule has 0 aliphatic heterocycles. The number of rotatable bonds is 7. The number of thioether (sulfide) groups is 1. The molecule has 2 aromatic carbocycles. The van der Waals surface area contributed by atoms with Crippen LogP contribution in [-0.2, 0) is 16.0 Å². The Bertz CT molecular complexity index is 770. The standard InChI is InChI=1S/C18H18F2N2O3S/c1-2-12-3-6-14(7-4-12)25-10-17(23)21-22-18(24)11-26-16-9-13(19)5-8-15(16)20/h3-9H,2,10-11H2,1H3,(H,21,23)(H,22,24). The maximum Gasteiger partial charge on any atom is 0.276 e. The molecule has 0 radical (unpaired) electrons. The first-order valence-corrected chi connectivity index (χ1v) is 8.83. The van der Waals surface area contributed by atoms with Crippen molar-refractivity contribution >= 4 is 23.6 Å². The summed E-state index contributed by atoms with van der Waals surface area (Å²) in [5.41, 5.74) is 5.53. The first-order chi connectivity index (χ1) is 12.5. The average molecular weight is 380 g/mol. The highest BCUT2D eigenvalue weighted by molar-refractivity contribution is 8.00. The van der Waals surface area contributed by atoms with Crippen LogP contribution in [0.1, 0.15) is 12.5 Å². The van der Waals surface area contributed by atoms with Gasteiger partial charge in [-0.1, -0.05) is 19.1 Å². The van der Waals surface area contributed by atoms with Gasteiger partial charge in [-0.25, -0.2) is 8.78 Å². The van der Waals surface area contributed by atoms with Crippen molar-refractivity contribution in [2.45, 2.75) is 18.2 Å². The third-order valence-electron chi connectivity index (χ3n) is 3.29. The number of aryl methyl sites for hydroxylation is 1. The molecule has 0 aliphatic rings. The predicted molar refractivity (Wildman–Crippen MR) is 94.7 cm³/mol. The monoisotopic (exact) mass is 380 g/mol. The van der Waals surface area contributed by atoms with Gasteiger partial charge in [0.1, 0.15) is 17.4 Å². The number of amides is 2. The van der Waals surface area contributed by atoms with E-state index in [1.54, 1.807) is 12.1 Å². The summed E-state index contributed by atoms with van der Waals surface area (Å²) in [4.78, 5) is 23.3. The average Bonchev–Trinajstić information content (AvgIpc) is 2.65. The first kappa shape index (κ1) is 19.7. The molecule has 138 valence electrons. The molecule has 0 atom stereocenters. The minimum Gasteiger partial charge on any atom is -0.484 e. The van der Waals surface area contributed by atoms with Gasteiger partial charge in [-0.05, 0) is 42.3 Å². The molecule has 0 aromatic heterocycles. The molecular formula is C18H18F2N2O3S. The summed E-state index contributed by atoms with van der Waals surface area (Å²) in [6.45, 7) is 1.77. The highest BCUT2D eigenvalue weighted by atomic mass is 32.2. The summed E-state index contributed by atoms with van der Waals surface area (Å²) in [7, 11) is 0. The molecule has 0 heterocycles. The van der Waals surface area contributed by atoms with Crippen LogP contribution in [0.4, 0.5) is 8.78 Å². The smallest absolute Gasteiger partial charge is 0.276 e. The summed E-state index contributed by atoms with van der Waals surface area (Å²) in [5, 5.41) is 0. The highest BCUT2D eigenvalue weighted by Crippen LogP contribution is 2.22. The van der Waals surface area contributed by atoms with E-state index in [0.29, 0.717) is 5.75 Å². The Balaban J connectivity index is 1.69. The number of hydrogen-bond acceptors (Lipinski definition) is 4. The molecule has 0 aliphatic carbocycles. The van der Waals surface area contributed by atoms with Crippen LogP contribution >= 0.6 is 11.8 Å². The molecule has 26 heavy (non-hydrogen) atoms. The van der Waals surface area contributed by atoms with Crippen molar-refractivity contribution in [2.75, 3.05) is 12.4 Å². The van der Waals surface area contributed by atoms with Crippen molar-refractivity contribution in [3.05, 3.63) is 59.7 Å². The molecule has 2 rings (SSSR count). The van der Waals surface area contributed by atoms with Crippen molar-refractivity contribution < 1.29 is 23.1 Å². The van der Waals surface area contributed by atoms with E-state index in [1.807, 2.05) is 19.1 Å². The lowest BCUT2D eigenvalue weighted by molar-refractivity contribution is -0.128. The lowest BCUT2D eigenvalue weighted by Crippen LogP contribution is -2.44. The number of hydrazine groups is 1. The second-order valence-corrected chi connectivity index (χ2v) is 6.26. The lowest BCUT2D eigenvalue weighted by atomic mass is 10.2. The molecule has 0 saturated carbocycles. The molecule has 0 unspecified atom stereocenters. The fraction of sp³-hybridized carbons (Fsp3) is 0.222. The van der Waals surface area contributed by atoms with Gasteiger partial charge in [0.15, 0.2) is 6.61 Å². The van der Waals surface area contributed by atoms with E-state index in [2.05, 4.69) is 10.9 Å². The first-order valence-electron chi connectivity index (χ1n) is 7.85. The molecule has 2 aromatic rings. The Kier molecular flexibility index (Phi) is 7.40. The maximum atomic E-state index is 13.4. The normalized spacial score (nSPS) is 10.3. The van der Waals surface area contributed by atoms with Gasteiger partial charge in [0, 0.05) is 4.90 Å². The molecule has 2 amide bonds. The van der Waals surface area contributed by atoms with Gasteiger partial charge in [-0.2, -0.15) is 0 Å². The van der Waals surface area contributed by atoms with Crippen molar-refractivity contribution in [2.24, 2.45) is 0 Å². The van der Waals surface area contributed by atoms with E-state index in [-0.39, 0.29) is 17.3 Å². The van der Waals surface area contributed by atoms with Crippen LogP contribution in [0.2, 0.25) is 0 Å². The zero-order valence-electron chi connectivity index (χ0n) is 14.1. The topological polar surface area (TPSA) is 67.4 Å². The number of benzene rings is 2. The van der Waals surface area contributed by atoms with E-state index in [0.717, 1.165) is 41.9 Å². The zero-order chi connectivity index (χ0) is 18.9. The molecular weight excluding hydrogens is 362 g/mol. The quantitative estimate of drug-likeness (QED) is 0.573. The van der Waals surface area contributed by atoms with Crippen molar-refractivity contribution in [1.82, 2.24) is 10.9 Å². The van der Waals surface area contributed by atoms with Crippen LogP contribution in [0.5, 0.6) is 5.75 Å². The fourth-order valence-corrected chi connectivity index (χ4v) is 2.67. The number of carbonyl (C=O) groups is 2. The Morgan fingerprint density at radius 1 is 1.04 bits per heavy atom. The molecule has 0 bridgehead atoms. The van der Waals surface area contributed by atoms with Crippen LogP contribution in [-0.4, -0.2) is 24.2 Å². The number of carbonyl (C=O) groups excluding carboxylic acids is 2. The Morgan fingerprint density at radius 2 is 1.73 bits per heavy atom. The summed E-state index contributed by atoms with van der Waals surface area (Å²) in [6.07, 6.45) is 0.907. The molecule has 0 spiro atoms. The Hall–Kier alpha value is -2.61. The van der Waals surface area contributed by atoms with Crippen molar-refractivity contribution in [1.29, 1.82) is 0 Å². The second kappa shape index (κ2) is 9.76. The maximum absolute atomic E-state index is 13.4. The van der Waals surface area contributed by atoms with E-state index in [4.69, 9.17) is 4.74 Å². The number of hydrogen-bond donors (Lipinski definition) is 2. The summed E-state index contributed by atoms with van der Waals surface area (Å²) in [6, 6.07) is 10.3. The van der Waals surface area contributed by atoms with Gasteiger partial charge in [-0.15, -0.1) is 11.8 Å². The molecule has 0 saturated heterocycles. The third kappa shape index (κ3) is 6.36. The Morgan fingerprint density at radius 3 is 2.42 bits per heavy atom. The molecule has 0 fully saturated rings. The summed E-state index contributed by atoms with van der Waals surface area (Å²) < 4.78 is 31.8. The largest absolute Gasteiger partial charge is 0.484 e. The van der Waals surface area contributed by atoms with Crippen molar-refractivity contribution in [3.8, 4) is 5.75 Å². The second-order valence-electron chi connectivity index (χ2n) is 5.25. The van der Waals surface area contributed by atoms with Gasteiger partial charge >= 0.3 is 0 Å². The van der Waals surface area contributed by atoms with Crippen LogP contribution < -0.4 is 15.6 Å². The minimum atomic E-state index is -0.615. The summed E-state index contributed by atoms with van der Waals surface area (Å²) in [5.74, 6) is -1.94. The van der Waals surface area contributed by atoms with Crippen molar-refractivity contribution in [3.63, 3.8) is 0 Å². The Labute approximate surface area is 154 Å². The van der Waals surface area contributed by atoms with E-state index in [1.165, 1.54) is 0 Å². The summed E-state index contributed by atoms with van der Waals surface area (Å²) >= 11 is 0.825. The van der Waals surface area contributed by atoms with Gasteiger partial charge in [0.05, 0.1) is 5.75 Å². The number of nitrogens with one attached hydrogen (secondary N) is 2. The van der Waals surface area contributed by atoms with Crippen LogP contribution in [0.3, 0.4) is 0 Å².